The first-order chi connectivity index (χ1) is 15.2. The number of benzene rings is 2. The van der Waals surface area contributed by atoms with Crippen LogP contribution >= 0.6 is 0 Å². The molecule has 2 aliphatic rings. The second kappa shape index (κ2) is 10.8. The third kappa shape index (κ3) is 6.06. The van der Waals surface area contributed by atoms with Crippen LogP contribution in [-0.2, 0) is 17.9 Å². The second-order valence-electron chi connectivity index (χ2n) is 8.61. The van der Waals surface area contributed by atoms with Crippen molar-refractivity contribution in [2.45, 2.75) is 32.0 Å². The molecule has 2 heterocycles. The topological polar surface area (TPSA) is 62.0 Å². The van der Waals surface area contributed by atoms with E-state index in [1.165, 1.54) is 31.5 Å². The van der Waals surface area contributed by atoms with Crippen LogP contribution in [0.3, 0.4) is 0 Å². The highest BCUT2D eigenvalue weighted by Crippen LogP contribution is 2.23. The summed E-state index contributed by atoms with van der Waals surface area (Å²) in [6, 6.07) is 18.3. The molecule has 166 valence electrons. The molecule has 0 aliphatic carbocycles. The maximum Gasteiger partial charge on any atom is 0.236 e. The van der Waals surface area contributed by atoms with Crippen LogP contribution in [0.4, 0.5) is 0 Å². The molecule has 2 N–H and O–H groups in total. The Balaban J connectivity index is 1.36. The minimum atomic E-state index is -0.296. The zero-order valence-electron chi connectivity index (χ0n) is 18.3. The van der Waals surface area contributed by atoms with E-state index >= 15 is 0 Å². The highest BCUT2D eigenvalue weighted by molar-refractivity contribution is 5.80. The van der Waals surface area contributed by atoms with E-state index in [4.69, 9.17) is 10.5 Å². The van der Waals surface area contributed by atoms with Gasteiger partial charge in [0.25, 0.3) is 0 Å². The Kier molecular flexibility index (Phi) is 7.57. The van der Waals surface area contributed by atoms with Crippen LogP contribution in [0, 0.1) is 0 Å². The van der Waals surface area contributed by atoms with Gasteiger partial charge in [0.2, 0.25) is 5.91 Å². The second-order valence-corrected chi connectivity index (χ2v) is 8.61. The minimum absolute atomic E-state index is 0.259. The molecule has 0 aromatic heterocycles. The Bertz CT molecular complexity index is 838. The third-order valence-electron chi connectivity index (χ3n) is 6.36. The SMILES string of the molecule is NC(=O)[C@@H]1CN(Cc2ccccc2)CCN1Cc1ccccc1OCCN1CCCC1. The number of nitrogens with two attached hydrogens (primary N) is 1. The highest BCUT2D eigenvalue weighted by Gasteiger charge is 2.31. The van der Waals surface area contributed by atoms with Crippen molar-refractivity contribution in [3.8, 4) is 5.75 Å². The Hall–Kier alpha value is -2.41. The summed E-state index contributed by atoms with van der Waals surface area (Å²) in [7, 11) is 0. The molecule has 2 fully saturated rings. The van der Waals surface area contributed by atoms with Gasteiger partial charge in [0.1, 0.15) is 18.4 Å². The van der Waals surface area contributed by atoms with Gasteiger partial charge >= 0.3 is 0 Å². The number of primary amides is 1. The van der Waals surface area contributed by atoms with Crippen LogP contribution in [0.15, 0.2) is 54.6 Å². The molecule has 2 aliphatic heterocycles. The van der Waals surface area contributed by atoms with E-state index in [0.717, 1.165) is 37.5 Å². The summed E-state index contributed by atoms with van der Waals surface area (Å²) in [5, 5.41) is 0. The number of carbonyl (C=O) groups is 1. The van der Waals surface area contributed by atoms with Crippen molar-refractivity contribution in [2.24, 2.45) is 5.73 Å². The van der Waals surface area contributed by atoms with Crippen LogP contribution < -0.4 is 10.5 Å². The fourth-order valence-electron chi connectivity index (χ4n) is 4.61. The van der Waals surface area contributed by atoms with Gasteiger partial charge in [-0.15, -0.1) is 0 Å². The van der Waals surface area contributed by atoms with Gasteiger partial charge < -0.3 is 10.5 Å². The lowest BCUT2D eigenvalue weighted by Crippen LogP contribution is -2.57. The van der Waals surface area contributed by atoms with Crippen LogP contribution in [0.2, 0.25) is 0 Å². The number of piperazine rings is 1. The highest BCUT2D eigenvalue weighted by atomic mass is 16.5. The van der Waals surface area contributed by atoms with Gasteiger partial charge in [-0.3, -0.25) is 19.5 Å². The van der Waals surface area contributed by atoms with Crippen LogP contribution in [0.1, 0.15) is 24.0 Å². The van der Waals surface area contributed by atoms with Crippen molar-refractivity contribution in [1.82, 2.24) is 14.7 Å². The monoisotopic (exact) mass is 422 g/mol. The molecule has 0 saturated carbocycles. The van der Waals surface area contributed by atoms with Crippen molar-refractivity contribution >= 4 is 5.91 Å². The molecule has 4 rings (SSSR count). The van der Waals surface area contributed by atoms with Gasteiger partial charge in [-0.25, -0.2) is 0 Å². The molecule has 1 amide bonds. The lowest BCUT2D eigenvalue weighted by atomic mass is 10.1. The lowest BCUT2D eigenvalue weighted by molar-refractivity contribution is -0.126. The number of para-hydroxylation sites is 1. The average molecular weight is 423 g/mol. The normalized spacial score (nSPS) is 20.7. The molecule has 0 radical (unpaired) electrons. The van der Waals surface area contributed by atoms with Crippen LogP contribution in [-0.4, -0.2) is 72.5 Å². The number of rotatable bonds is 9. The number of amides is 1. The Morgan fingerprint density at radius 2 is 1.65 bits per heavy atom. The molecular weight excluding hydrogens is 388 g/mol. The fourth-order valence-corrected chi connectivity index (χ4v) is 4.61. The molecule has 0 spiro atoms. The van der Waals surface area contributed by atoms with E-state index in [0.29, 0.717) is 19.7 Å². The summed E-state index contributed by atoms with van der Waals surface area (Å²) in [4.78, 5) is 19.3. The first-order valence-electron chi connectivity index (χ1n) is 11.4. The van der Waals surface area contributed by atoms with E-state index in [2.05, 4.69) is 45.0 Å². The van der Waals surface area contributed by atoms with Crippen LogP contribution in [0.25, 0.3) is 0 Å². The number of hydrogen-bond acceptors (Lipinski definition) is 5. The number of likely N-dealkylation sites (tertiary alicyclic amines) is 1. The smallest absolute Gasteiger partial charge is 0.236 e. The largest absolute Gasteiger partial charge is 0.492 e. The number of ether oxygens (including phenoxy) is 1. The fraction of sp³-hybridized carbons (Fsp3) is 0.480. The summed E-state index contributed by atoms with van der Waals surface area (Å²) in [6.07, 6.45) is 2.59. The molecule has 2 saturated heterocycles. The molecular formula is C25H34N4O2. The maximum atomic E-state index is 12.3. The van der Waals surface area contributed by atoms with E-state index in [1.54, 1.807) is 0 Å². The van der Waals surface area contributed by atoms with E-state index in [1.807, 2.05) is 24.3 Å². The summed E-state index contributed by atoms with van der Waals surface area (Å²) in [5.74, 6) is 0.654. The Morgan fingerprint density at radius 1 is 0.903 bits per heavy atom. The quantitative estimate of drug-likeness (QED) is 0.672. The van der Waals surface area contributed by atoms with Gasteiger partial charge in [-0.2, -0.15) is 0 Å². The predicted octanol–water partition coefficient (Wildman–Crippen LogP) is 2.33. The minimum Gasteiger partial charge on any atom is -0.492 e. The average Bonchev–Trinajstić information content (AvgIpc) is 3.30. The van der Waals surface area contributed by atoms with Crippen LogP contribution in [0.5, 0.6) is 5.75 Å². The van der Waals surface area contributed by atoms with E-state index < -0.39 is 0 Å². The van der Waals surface area contributed by atoms with Crippen molar-refractivity contribution in [3.63, 3.8) is 0 Å². The van der Waals surface area contributed by atoms with Gasteiger partial charge in [0.05, 0.1) is 0 Å². The maximum absolute atomic E-state index is 12.3. The third-order valence-corrected chi connectivity index (χ3v) is 6.36. The molecule has 0 unspecified atom stereocenters. The summed E-state index contributed by atoms with van der Waals surface area (Å²) < 4.78 is 6.14. The standard InChI is InChI=1S/C25H34N4O2/c26-25(30)23-20-28(18-21-8-2-1-3-9-21)14-15-29(23)19-22-10-4-5-11-24(22)31-17-16-27-12-6-7-13-27/h1-5,8-11,23H,6-7,12-20H2,(H2,26,30)/t23-/m0/s1. The Labute approximate surface area is 185 Å². The van der Waals surface area contributed by atoms with Crippen molar-refractivity contribution in [3.05, 3.63) is 65.7 Å². The number of hydrogen-bond donors (Lipinski definition) is 1. The molecule has 6 heteroatoms. The van der Waals surface area contributed by atoms with Gasteiger partial charge in [-0.1, -0.05) is 48.5 Å². The van der Waals surface area contributed by atoms with Gasteiger partial charge in [0.15, 0.2) is 0 Å². The Morgan fingerprint density at radius 3 is 2.42 bits per heavy atom. The molecule has 6 nitrogen and oxygen atoms in total. The van der Waals surface area contributed by atoms with Crippen molar-refractivity contribution < 1.29 is 9.53 Å². The van der Waals surface area contributed by atoms with Crippen molar-refractivity contribution in [1.29, 1.82) is 0 Å². The van der Waals surface area contributed by atoms with E-state index in [9.17, 15) is 4.79 Å². The van der Waals surface area contributed by atoms with Crippen molar-refractivity contribution in [2.75, 3.05) is 45.9 Å². The van der Waals surface area contributed by atoms with Gasteiger partial charge in [-0.05, 0) is 37.6 Å². The molecule has 2 aromatic rings. The summed E-state index contributed by atoms with van der Waals surface area (Å²) in [5.41, 5.74) is 8.19. The molecule has 31 heavy (non-hydrogen) atoms. The molecule has 1 atom stereocenters. The first-order valence-corrected chi connectivity index (χ1v) is 11.4. The lowest BCUT2D eigenvalue weighted by Gasteiger charge is -2.40. The van der Waals surface area contributed by atoms with Gasteiger partial charge in [0, 0.05) is 44.8 Å². The summed E-state index contributed by atoms with van der Waals surface area (Å²) in [6.45, 7) is 7.91. The first kappa shape index (κ1) is 21.8. The molecule has 0 bridgehead atoms. The number of carbonyl (C=O) groups excluding carboxylic acids is 1. The zero-order chi connectivity index (χ0) is 21.5. The molecule has 2 aromatic carbocycles. The predicted molar refractivity (Wildman–Crippen MR) is 123 cm³/mol. The number of nitrogens with zero attached hydrogens (tertiary/aromatic N) is 3. The summed E-state index contributed by atoms with van der Waals surface area (Å²) >= 11 is 0. The van der Waals surface area contributed by atoms with E-state index in [-0.39, 0.29) is 11.9 Å². The zero-order valence-corrected chi connectivity index (χ0v) is 18.3.